The van der Waals surface area contributed by atoms with Crippen LogP contribution < -0.4 is 56.5 Å². The van der Waals surface area contributed by atoms with Crippen LogP contribution in [0.3, 0.4) is 0 Å². The predicted molar refractivity (Wildman–Crippen MR) is 26.4 cm³/mol. The van der Waals surface area contributed by atoms with Crippen molar-refractivity contribution in [1.82, 2.24) is 0 Å². The summed E-state index contributed by atoms with van der Waals surface area (Å²) in [5.41, 5.74) is 0. The molecule has 0 aromatic rings. The molecule has 0 fully saturated rings. The Morgan fingerprint density at radius 2 is 1.82 bits per heavy atom. The van der Waals surface area contributed by atoms with Crippen LogP contribution in [-0.2, 0) is 19.1 Å². The van der Waals surface area contributed by atoms with Crippen LogP contribution in [0.15, 0.2) is 0 Å². The maximum Gasteiger partial charge on any atom is 1.00 e. The molecule has 0 aliphatic heterocycles. The summed E-state index contributed by atoms with van der Waals surface area (Å²) in [4.78, 5) is 29.8. The Hall–Kier alpha value is 0.246. The molecular formula is C5H5KO5. The molecule has 0 bridgehead atoms. The Balaban J connectivity index is 0. The fourth-order valence-corrected chi connectivity index (χ4v) is 0.314. The van der Waals surface area contributed by atoms with E-state index in [0.29, 0.717) is 0 Å². The average Bonchev–Trinajstić information content (AvgIpc) is 1.58. The van der Waals surface area contributed by atoms with Crippen molar-refractivity contribution in [2.75, 3.05) is 0 Å². The molecule has 11 heavy (non-hydrogen) atoms. The molecule has 5 nitrogen and oxygen atoms in total. The second kappa shape index (κ2) is 6.93. The van der Waals surface area contributed by atoms with Crippen LogP contribution in [0, 0.1) is 0 Å². The zero-order valence-electron chi connectivity index (χ0n) is 6.25. The standard InChI is InChI=1S/C5H6O5.K/c1-3(6)10-5(9)2-4(7)8;/h2H2,1H3,(H,7,8);/q;+1/p-1. The van der Waals surface area contributed by atoms with Crippen molar-refractivity contribution in [3.05, 3.63) is 0 Å². The van der Waals surface area contributed by atoms with Crippen molar-refractivity contribution in [2.24, 2.45) is 0 Å². The third kappa shape index (κ3) is 10.2. The van der Waals surface area contributed by atoms with Gasteiger partial charge in [-0.2, -0.15) is 0 Å². The first-order chi connectivity index (χ1) is 4.52. The molecule has 0 aromatic heterocycles. The number of carbonyl (C=O) groups is 3. The number of aliphatic carboxylic acids is 1. The third-order valence-electron chi connectivity index (χ3n) is 0.546. The summed E-state index contributed by atoms with van der Waals surface area (Å²) in [5, 5.41) is 9.67. The monoisotopic (exact) mass is 184 g/mol. The van der Waals surface area contributed by atoms with Crippen molar-refractivity contribution < 1.29 is 75.6 Å². The molecular weight excluding hydrogens is 179 g/mol. The minimum atomic E-state index is -1.56. The van der Waals surface area contributed by atoms with Gasteiger partial charge in [0.05, 0.1) is 12.4 Å². The van der Waals surface area contributed by atoms with Gasteiger partial charge in [-0.1, -0.05) is 0 Å². The minimum Gasteiger partial charge on any atom is -0.550 e. The van der Waals surface area contributed by atoms with Crippen molar-refractivity contribution in [1.29, 1.82) is 0 Å². The van der Waals surface area contributed by atoms with E-state index >= 15 is 0 Å². The quantitative estimate of drug-likeness (QED) is 0.244. The van der Waals surface area contributed by atoms with Crippen LogP contribution in [-0.4, -0.2) is 17.9 Å². The van der Waals surface area contributed by atoms with Gasteiger partial charge in [0.25, 0.3) is 0 Å². The Bertz CT molecular complexity index is 158. The van der Waals surface area contributed by atoms with Crippen LogP contribution in [0.25, 0.3) is 0 Å². The van der Waals surface area contributed by atoms with E-state index in [1.165, 1.54) is 0 Å². The van der Waals surface area contributed by atoms with Crippen LogP contribution >= 0.6 is 0 Å². The van der Waals surface area contributed by atoms with Crippen LogP contribution in [0.1, 0.15) is 13.3 Å². The summed E-state index contributed by atoms with van der Waals surface area (Å²) >= 11 is 0. The number of rotatable bonds is 2. The van der Waals surface area contributed by atoms with E-state index in [4.69, 9.17) is 0 Å². The van der Waals surface area contributed by atoms with Crippen molar-refractivity contribution in [2.45, 2.75) is 13.3 Å². The zero-order valence-corrected chi connectivity index (χ0v) is 9.37. The molecule has 0 saturated carbocycles. The predicted octanol–water partition coefficient (Wildman–Crippen LogP) is -4.78. The van der Waals surface area contributed by atoms with E-state index in [0.717, 1.165) is 6.92 Å². The first-order valence-electron chi connectivity index (χ1n) is 2.43. The van der Waals surface area contributed by atoms with Crippen molar-refractivity contribution >= 4 is 17.9 Å². The van der Waals surface area contributed by atoms with E-state index in [9.17, 15) is 19.5 Å². The Morgan fingerprint density at radius 3 is 2.09 bits per heavy atom. The second-order valence-corrected chi connectivity index (χ2v) is 1.51. The van der Waals surface area contributed by atoms with Gasteiger partial charge in [-0.05, 0) is 0 Å². The van der Waals surface area contributed by atoms with E-state index < -0.39 is 24.3 Å². The topological polar surface area (TPSA) is 83.5 Å². The minimum absolute atomic E-state index is 0. The molecule has 0 amide bonds. The molecule has 0 aliphatic carbocycles. The van der Waals surface area contributed by atoms with Crippen molar-refractivity contribution in [3.63, 3.8) is 0 Å². The summed E-state index contributed by atoms with van der Waals surface area (Å²) < 4.78 is 3.86. The SMILES string of the molecule is CC(=O)OC(=O)CC(=O)[O-].[K+]. The number of esters is 2. The molecule has 0 N–H and O–H groups in total. The molecule has 0 unspecified atom stereocenters. The molecule has 0 radical (unpaired) electrons. The normalized spacial score (nSPS) is 7.73. The smallest absolute Gasteiger partial charge is 0.550 e. The van der Waals surface area contributed by atoms with E-state index in [-0.39, 0.29) is 51.4 Å². The Labute approximate surface area is 106 Å². The fraction of sp³-hybridized carbons (Fsp3) is 0.400. The van der Waals surface area contributed by atoms with E-state index in [2.05, 4.69) is 4.74 Å². The summed E-state index contributed by atoms with van der Waals surface area (Å²) in [6.45, 7) is 1.01. The average molecular weight is 184 g/mol. The summed E-state index contributed by atoms with van der Waals surface area (Å²) in [7, 11) is 0. The summed E-state index contributed by atoms with van der Waals surface area (Å²) in [6.07, 6.45) is -0.889. The Morgan fingerprint density at radius 1 is 1.36 bits per heavy atom. The molecule has 0 rings (SSSR count). The number of carbonyl (C=O) groups excluding carboxylic acids is 3. The maximum atomic E-state index is 10.2. The van der Waals surface area contributed by atoms with Gasteiger partial charge in [-0.25, -0.2) is 0 Å². The largest absolute Gasteiger partial charge is 1.00 e. The second-order valence-electron chi connectivity index (χ2n) is 1.51. The number of ether oxygens (including phenoxy) is 1. The van der Waals surface area contributed by atoms with Gasteiger partial charge < -0.3 is 14.6 Å². The van der Waals surface area contributed by atoms with Gasteiger partial charge in [-0.15, -0.1) is 0 Å². The molecule has 0 aliphatic rings. The molecule has 0 saturated heterocycles. The van der Waals surface area contributed by atoms with Gasteiger partial charge in [-0.3, -0.25) is 9.59 Å². The molecule has 56 valence electrons. The molecule has 0 aromatic carbocycles. The van der Waals surface area contributed by atoms with Crippen LogP contribution in [0.5, 0.6) is 0 Å². The third-order valence-corrected chi connectivity index (χ3v) is 0.546. The molecule has 0 atom stereocenters. The van der Waals surface area contributed by atoms with Gasteiger partial charge in [0.1, 0.15) is 0 Å². The first kappa shape index (κ1) is 13.8. The van der Waals surface area contributed by atoms with E-state index in [1.54, 1.807) is 0 Å². The number of carboxylic acid groups (broad SMARTS) is 1. The number of hydrogen-bond acceptors (Lipinski definition) is 5. The van der Waals surface area contributed by atoms with Gasteiger partial charge >= 0.3 is 63.3 Å². The number of carboxylic acids is 1. The van der Waals surface area contributed by atoms with Gasteiger partial charge in [0.15, 0.2) is 0 Å². The Kier molecular flexibility index (Phi) is 8.70. The first-order valence-corrected chi connectivity index (χ1v) is 2.43. The zero-order chi connectivity index (χ0) is 8.15. The molecule has 0 heterocycles. The van der Waals surface area contributed by atoms with E-state index in [1.807, 2.05) is 0 Å². The molecule has 6 heteroatoms. The van der Waals surface area contributed by atoms with Crippen LogP contribution in [0.2, 0.25) is 0 Å². The summed E-state index contributed by atoms with van der Waals surface area (Å²) in [6, 6.07) is 0. The van der Waals surface area contributed by atoms with Crippen molar-refractivity contribution in [3.8, 4) is 0 Å². The molecule has 0 spiro atoms. The van der Waals surface area contributed by atoms with Crippen LogP contribution in [0.4, 0.5) is 0 Å². The maximum absolute atomic E-state index is 10.2. The fourth-order valence-electron chi connectivity index (χ4n) is 0.314. The van der Waals surface area contributed by atoms with Gasteiger partial charge in [0, 0.05) is 6.92 Å². The number of hydrogen-bond donors (Lipinski definition) is 0. The van der Waals surface area contributed by atoms with Gasteiger partial charge in [0.2, 0.25) is 0 Å². The summed E-state index contributed by atoms with van der Waals surface area (Å²) in [5.74, 6) is -3.50.